The molecule has 31 nitrogen and oxygen atoms in total. The lowest BCUT2D eigenvalue weighted by molar-refractivity contribution is -0.148. The second-order valence-electron chi connectivity index (χ2n) is 17.8. The molecule has 0 aliphatic carbocycles. The Morgan fingerprint density at radius 2 is 1.07 bits per heavy atom. The Hall–Kier alpha value is -7.09. The van der Waals surface area contributed by atoms with Gasteiger partial charge in [0.2, 0.25) is 70.9 Å². The molecule has 0 unspecified atom stereocenters. The van der Waals surface area contributed by atoms with Crippen molar-refractivity contribution in [2.75, 3.05) is 65.6 Å². The van der Waals surface area contributed by atoms with E-state index in [1.54, 1.807) is 0 Å². The summed E-state index contributed by atoms with van der Waals surface area (Å²) < 4.78 is 0. The molecule has 0 aromatic heterocycles. The molecule has 9 atom stereocenters. The molecule has 3 saturated heterocycles. The molecule has 18 N–H and O–H groups in total. The molecule has 3 aliphatic heterocycles. The third-order valence-electron chi connectivity index (χ3n) is 12.3. The van der Waals surface area contributed by atoms with Crippen molar-refractivity contribution in [2.45, 2.75) is 126 Å². The van der Waals surface area contributed by atoms with Crippen LogP contribution >= 0.6 is 0 Å². The lowest BCUT2D eigenvalue weighted by atomic mass is 10.1. The van der Waals surface area contributed by atoms with Crippen molar-refractivity contribution >= 4 is 76.9 Å². The average Bonchev–Trinajstić information content (AvgIpc) is 4.18. The van der Waals surface area contributed by atoms with Gasteiger partial charge >= 0.3 is 5.97 Å². The van der Waals surface area contributed by atoms with Crippen molar-refractivity contribution in [2.24, 2.45) is 17.2 Å². The molecule has 0 radical (unpaired) electrons. The lowest BCUT2D eigenvalue weighted by Crippen LogP contribution is -2.59. The largest absolute Gasteiger partial charge is 0.480 e. The maximum atomic E-state index is 13.6. The highest BCUT2D eigenvalue weighted by atomic mass is 16.4. The molecule has 0 aromatic rings. The van der Waals surface area contributed by atoms with Gasteiger partial charge in [0.05, 0.1) is 51.9 Å². The first-order chi connectivity index (χ1) is 35.1. The molecule has 3 heterocycles. The van der Waals surface area contributed by atoms with Gasteiger partial charge in [-0.15, -0.1) is 0 Å². The second-order valence-corrected chi connectivity index (χ2v) is 17.8. The van der Waals surface area contributed by atoms with Gasteiger partial charge in [-0.05, 0) is 64.8 Å². The number of aliphatic hydroxyl groups is 3. The highest BCUT2D eigenvalue weighted by Gasteiger charge is 2.44. The van der Waals surface area contributed by atoms with Crippen LogP contribution in [-0.2, 0) is 62.3 Å². The Labute approximate surface area is 424 Å². The van der Waals surface area contributed by atoms with Gasteiger partial charge in [0.1, 0.15) is 48.3 Å². The van der Waals surface area contributed by atoms with E-state index in [2.05, 4.69) is 42.5 Å². The van der Waals surface area contributed by atoms with E-state index >= 15 is 0 Å². The van der Waals surface area contributed by atoms with Crippen LogP contribution in [-0.4, -0.2) is 232 Å². The van der Waals surface area contributed by atoms with Crippen LogP contribution in [0.2, 0.25) is 0 Å². The Kier molecular flexibility index (Phi) is 25.0. The van der Waals surface area contributed by atoms with Crippen LogP contribution in [0.15, 0.2) is 0 Å². The highest BCUT2D eigenvalue weighted by Crippen LogP contribution is 2.26. The van der Waals surface area contributed by atoms with E-state index in [0.29, 0.717) is 38.6 Å². The van der Waals surface area contributed by atoms with Crippen LogP contribution in [0.5, 0.6) is 0 Å². The Balaban J connectivity index is 1.46. The minimum Gasteiger partial charge on any atom is -0.480 e. The van der Waals surface area contributed by atoms with E-state index in [9.17, 15) is 82.8 Å². The van der Waals surface area contributed by atoms with E-state index in [0.717, 1.165) is 4.90 Å². The zero-order valence-electron chi connectivity index (χ0n) is 41.0. The molecule has 3 aliphatic rings. The lowest BCUT2D eigenvalue weighted by Gasteiger charge is -2.32. The number of rotatable bonds is 29. The number of nitrogens with one attached hydrogen (secondary N) is 8. The summed E-state index contributed by atoms with van der Waals surface area (Å²) in [5, 5.41) is 56.5. The zero-order chi connectivity index (χ0) is 55.2. The van der Waals surface area contributed by atoms with Crippen molar-refractivity contribution in [3.8, 4) is 0 Å². The number of likely N-dealkylation sites (tertiary alicyclic amines) is 3. The second kappa shape index (κ2) is 30.2. The smallest absolute Gasteiger partial charge is 0.328 e. The van der Waals surface area contributed by atoms with Crippen molar-refractivity contribution in [1.82, 2.24) is 57.2 Å². The number of amides is 12. The minimum atomic E-state index is -1.72. The fourth-order valence-corrected chi connectivity index (χ4v) is 8.35. The molecule has 3 rings (SSSR count). The van der Waals surface area contributed by atoms with Crippen molar-refractivity contribution in [3.63, 3.8) is 0 Å². The molecular weight excluding hydrogens is 985 g/mol. The molecule has 0 spiro atoms. The van der Waals surface area contributed by atoms with Gasteiger partial charge < -0.3 is 94.9 Å². The molecule has 414 valence electrons. The summed E-state index contributed by atoms with van der Waals surface area (Å²) in [6.45, 7) is -2.90. The van der Waals surface area contributed by atoms with Crippen molar-refractivity contribution < 1.29 is 82.8 Å². The number of unbranched alkanes of at least 4 members (excludes halogenated alkanes) is 1. The number of hydrogen-bond acceptors (Lipinski definition) is 18. The predicted octanol–water partition coefficient (Wildman–Crippen LogP) is -9.85. The number of carbonyl (C=O) groups excluding carboxylic acids is 12. The van der Waals surface area contributed by atoms with E-state index < -0.39 is 177 Å². The Morgan fingerprint density at radius 1 is 0.568 bits per heavy atom. The van der Waals surface area contributed by atoms with Crippen LogP contribution in [0.4, 0.5) is 0 Å². The molecule has 0 aromatic carbocycles. The van der Waals surface area contributed by atoms with Crippen LogP contribution in [0.25, 0.3) is 0 Å². The van der Waals surface area contributed by atoms with E-state index in [1.165, 1.54) is 16.7 Å². The first-order valence-corrected chi connectivity index (χ1v) is 24.1. The standard InChI is InChI=1S/C43H70N14O17/c1-22(41(71)57-14-6-10-30(57)42(72)56-13-5-9-29(56)40(70)54-27(21-60)43(73)74)50-33(63)17-49-37(67)25(19-58)52-38(68)26(20-59)53-39(69)28-8-4-12-55(28)34(64)18-47-32(62)16-48-36(66)24(15-31(46)61)51-35(65)23(45)7-2-3-11-44/h22-30,58-60H,2-21,44-45H2,1H3,(H2,46,61)(H,47,62)(H,48,66)(H,49,67)(H,50,63)(H,51,65)(H,52,68)(H,53,69)(H,54,70)(H,73,74)/t22-,23-,24-,25-,26-,27-,28-,29-,30-/m0/s1. The monoisotopic (exact) mass is 1050 g/mol. The molecule has 0 saturated carbocycles. The maximum absolute atomic E-state index is 13.6. The fourth-order valence-electron chi connectivity index (χ4n) is 8.35. The van der Waals surface area contributed by atoms with Crippen LogP contribution in [0.1, 0.15) is 71.1 Å². The predicted molar refractivity (Wildman–Crippen MR) is 252 cm³/mol. The molecule has 0 bridgehead atoms. The SMILES string of the molecule is C[C@H](NC(=O)CNC(=O)[C@H](CO)NC(=O)[C@H](CO)NC(=O)[C@@H]1CCCN1C(=O)CNC(=O)CNC(=O)[C@H](CC(N)=O)NC(=O)[C@@H](N)CCCCN)C(=O)N1CCC[C@H]1C(=O)N1CCC[C@H]1C(=O)N[C@@H](CO)C(=O)O. The van der Waals surface area contributed by atoms with E-state index in [1.807, 2.05) is 0 Å². The van der Waals surface area contributed by atoms with Crippen molar-refractivity contribution in [3.05, 3.63) is 0 Å². The van der Waals surface area contributed by atoms with Gasteiger partial charge in [-0.1, -0.05) is 6.42 Å². The van der Waals surface area contributed by atoms with E-state index in [4.69, 9.17) is 17.2 Å². The number of carbonyl (C=O) groups is 13. The van der Waals surface area contributed by atoms with Gasteiger partial charge in [-0.3, -0.25) is 57.5 Å². The van der Waals surface area contributed by atoms with Crippen LogP contribution in [0, 0.1) is 0 Å². The number of carboxylic acids is 1. The summed E-state index contributed by atoms with van der Waals surface area (Å²) in [7, 11) is 0. The molecular formula is C43H70N14O17. The van der Waals surface area contributed by atoms with Gasteiger partial charge in [0.25, 0.3) is 0 Å². The Morgan fingerprint density at radius 3 is 1.64 bits per heavy atom. The number of aliphatic carboxylic acids is 1. The summed E-state index contributed by atoms with van der Waals surface area (Å²) >= 11 is 0. The number of nitrogens with two attached hydrogens (primary N) is 3. The van der Waals surface area contributed by atoms with E-state index in [-0.39, 0.29) is 45.3 Å². The van der Waals surface area contributed by atoms with Crippen LogP contribution < -0.4 is 59.7 Å². The number of hydrogen-bond donors (Lipinski definition) is 15. The molecule has 31 heteroatoms. The third kappa shape index (κ3) is 18.1. The summed E-state index contributed by atoms with van der Waals surface area (Å²) in [4.78, 5) is 170. The van der Waals surface area contributed by atoms with Gasteiger partial charge in [0, 0.05) is 19.6 Å². The quantitative estimate of drug-likeness (QED) is 0.0309. The first-order valence-electron chi connectivity index (χ1n) is 24.1. The number of carboxylic acid groups (broad SMARTS) is 1. The van der Waals surface area contributed by atoms with Gasteiger partial charge in [-0.2, -0.15) is 0 Å². The summed E-state index contributed by atoms with van der Waals surface area (Å²) in [6, 6.07) is -11.9. The molecule has 3 fully saturated rings. The maximum Gasteiger partial charge on any atom is 0.328 e. The minimum absolute atomic E-state index is 0.0564. The zero-order valence-corrected chi connectivity index (χ0v) is 41.0. The summed E-state index contributed by atoms with van der Waals surface area (Å²) in [5.74, 6) is -11.6. The average molecular weight is 1060 g/mol. The van der Waals surface area contributed by atoms with Crippen LogP contribution in [0.3, 0.4) is 0 Å². The topological polar surface area (TPSA) is 487 Å². The van der Waals surface area contributed by atoms with Gasteiger partial charge in [0.15, 0.2) is 0 Å². The number of nitrogens with zero attached hydrogens (tertiary/aromatic N) is 3. The Bertz CT molecular complexity index is 2080. The third-order valence-corrected chi connectivity index (χ3v) is 12.3. The highest BCUT2D eigenvalue weighted by molar-refractivity contribution is 5.99. The number of primary amides is 1. The molecule has 12 amide bonds. The van der Waals surface area contributed by atoms with Crippen molar-refractivity contribution in [1.29, 1.82) is 0 Å². The fraction of sp³-hybridized carbons (Fsp3) is 0.698. The first kappa shape index (κ1) is 61.2. The van der Waals surface area contributed by atoms with Gasteiger partial charge in [-0.25, -0.2) is 4.79 Å². The summed E-state index contributed by atoms with van der Waals surface area (Å²) in [5.41, 5.74) is 16.5. The molecule has 74 heavy (non-hydrogen) atoms. The normalized spacial score (nSPS) is 19.6. The summed E-state index contributed by atoms with van der Waals surface area (Å²) in [6.07, 6.45) is 2.54. The number of aliphatic hydroxyl groups excluding tert-OH is 3.